The van der Waals surface area contributed by atoms with Crippen LogP contribution in [0.3, 0.4) is 0 Å². The maximum Gasteiger partial charge on any atom is 0.239 e. The number of carbonyl (C=O) groups excluding carboxylic acids is 1. The molecule has 1 amide bonds. The summed E-state index contributed by atoms with van der Waals surface area (Å²) >= 11 is 5.55. The highest BCUT2D eigenvalue weighted by atomic mass is 35.5. The Morgan fingerprint density at radius 1 is 1.56 bits per heavy atom. The molecule has 1 aromatic rings. The number of amides is 1. The first-order valence-electron chi connectivity index (χ1n) is 5.50. The number of hydrogen-bond donors (Lipinski definition) is 2. The molecule has 0 aromatic heterocycles. The normalized spacial score (nSPS) is 12.0. The van der Waals surface area contributed by atoms with Gasteiger partial charge in [0.25, 0.3) is 0 Å². The Bertz CT molecular complexity index is 415. The summed E-state index contributed by atoms with van der Waals surface area (Å²) in [6.07, 6.45) is 0. The van der Waals surface area contributed by atoms with E-state index in [1.165, 1.54) is 12.1 Å². The summed E-state index contributed by atoms with van der Waals surface area (Å²) in [4.78, 5) is 11.5. The first-order valence-corrected chi connectivity index (χ1v) is 5.88. The van der Waals surface area contributed by atoms with E-state index in [-0.39, 0.29) is 23.5 Å². The van der Waals surface area contributed by atoms with Crippen molar-refractivity contribution in [1.29, 1.82) is 0 Å². The topological polar surface area (TPSA) is 50.4 Å². The summed E-state index contributed by atoms with van der Waals surface area (Å²) in [5.41, 5.74) is 0.506. The summed E-state index contributed by atoms with van der Waals surface area (Å²) in [5, 5.41) is 5.59. The van der Waals surface area contributed by atoms with Crippen LogP contribution in [0.2, 0.25) is 5.02 Å². The first kappa shape index (κ1) is 14.7. The van der Waals surface area contributed by atoms with Gasteiger partial charge in [-0.05, 0) is 25.1 Å². The Kier molecular flexibility index (Phi) is 5.88. The van der Waals surface area contributed by atoms with Gasteiger partial charge in [-0.15, -0.1) is 0 Å². The predicted octanol–water partition coefficient (Wildman–Crippen LogP) is 2.04. The van der Waals surface area contributed by atoms with E-state index in [0.29, 0.717) is 12.3 Å². The van der Waals surface area contributed by atoms with Crippen LogP contribution in [0, 0.1) is 5.82 Å². The number of benzene rings is 1. The fraction of sp³-hybridized carbons (Fsp3) is 0.417. The number of nitrogens with one attached hydrogen (secondary N) is 2. The Balaban J connectivity index is 2.40. The molecule has 1 rings (SSSR count). The van der Waals surface area contributed by atoms with E-state index in [1.807, 2.05) is 6.92 Å². The summed E-state index contributed by atoms with van der Waals surface area (Å²) in [5.74, 6) is -0.704. The zero-order chi connectivity index (χ0) is 13.5. The highest BCUT2D eigenvalue weighted by Gasteiger charge is 2.07. The van der Waals surface area contributed by atoms with E-state index in [1.54, 1.807) is 13.2 Å². The second-order valence-electron chi connectivity index (χ2n) is 3.91. The molecule has 0 heterocycles. The molecule has 0 fully saturated rings. The van der Waals surface area contributed by atoms with Crippen LogP contribution in [-0.4, -0.2) is 32.2 Å². The van der Waals surface area contributed by atoms with E-state index in [2.05, 4.69) is 10.6 Å². The lowest BCUT2D eigenvalue weighted by Gasteiger charge is -2.13. The molecular formula is C12H16ClFN2O2. The smallest absolute Gasteiger partial charge is 0.239 e. The molecule has 0 radical (unpaired) electrons. The van der Waals surface area contributed by atoms with Crippen LogP contribution in [0.1, 0.15) is 6.92 Å². The fourth-order valence-corrected chi connectivity index (χ4v) is 1.52. The Morgan fingerprint density at radius 3 is 2.89 bits per heavy atom. The minimum Gasteiger partial charge on any atom is -0.383 e. The number of anilines is 1. The van der Waals surface area contributed by atoms with Crippen molar-refractivity contribution in [2.75, 3.05) is 25.6 Å². The molecule has 0 bridgehead atoms. The quantitative estimate of drug-likeness (QED) is 0.835. The average molecular weight is 275 g/mol. The molecular weight excluding hydrogens is 259 g/mol. The van der Waals surface area contributed by atoms with Crippen LogP contribution in [0.25, 0.3) is 0 Å². The van der Waals surface area contributed by atoms with Crippen LogP contribution >= 0.6 is 11.6 Å². The van der Waals surface area contributed by atoms with Crippen LogP contribution in [0.5, 0.6) is 0 Å². The third-order valence-electron chi connectivity index (χ3n) is 2.20. The maximum absolute atomic E-state index is 13.1. The number of carbonyl (C=O) groups is 1. The molecule has 100 valence electrons. The molecule has 0 saturated carbocycles. The minimum absolute atomic E-state index is 0.0544. The predicted molar refractivity (Wildman–Crippen MR) is 69.4 cm³/mol. The van der Waals surface area contributed by atoms with E-state index in [0.717, 1.165) is 0 Å². The van der Waals surface area contributed by atoms with Crippen LogP contribution in [0.15, 0.2) is 18.2 Å². The molecule has 0 aliphatic rings. The Morgan fingerprint density at radius 2 is 2.28 bits per heavy atom. The summed E-state index contributed by atoms with van der Waals surface area (Å²) in [6.45, 7) is 2.35. The third-order valence-corrected chi connectivity index (χ3v) is 2.50. The van der Waals surface area contributed by atoms with Crippen molar-refractivity contribution in [1.82, 2.24) is 5.32 Å². The highest BCUT2D eigenvalue weighted by Crippen LogP contribution is 2.18. The molecule has 1 unspecified atom stereocenters. The number of hydrogen-bond acceptors (Lipinski definition) is 3. The SMILES string of the molecule is COCC(C)NC(=O)CNc1ccc(Cl)c(F)c1. The number of rotatable bonds is 6. The first-order chi connectivity index (χ1) is 8.52. The van der Waals surface area contributed by atoms with Gasteiger partial charge in [0, 0.05) is 18.8 Å². The number of halogens is 2. The fourth-order valence-electron chi connectivity index (χ4n) is 1.41. The molecule has 0 saturated heterocycles. The molecule has 0 aliphatic carbocycles. The van der Waals surface area contributed by atoms with Crippen molar-refractivity contribution in [3.63, 3.8) is 0 Å². The third kappa shape index (κ3) is 4.89. The standard InChI is InChI=1S/C12H16ClFN2O2/c1-8(7-18-2)16-12(17)6-15-9-3-4-10(13)11(14)5-9/h3-5,8,15H,6-7H2,1-2H3,(H,16,17). The molecule has 1 aromatic carbocycles. The molecule has 2 N–H and O–H groups in total. The average Bonchev–Trinajstić information content (AvgIpc) is 2.31. The van der Waals surface area contributed by atoms with Crippen molar-refractivity contribution in [3.05, 3.63) is 29.0 Å². The van der Waals surface area contributed by atoms with Gasteiger partial charge < -0.3 is 15.4 Å². The summed E-state index contributed by atoms with van der Waals surface area (Å²) in [7, 11) is 1.57. The zero-order valence-corrected chi connectivity index (χ0v) is 11.1. The highest BCUT2D eigenvalue weighted by molar-refractivity contribution is 6.30. The molecule has 6 heteroatoms. The Hall–Kier alpha value is -1.33. The molecule has 18 heavy (non-hydrogen) atoms. The Labute approximate surface area is 110 Å². The zero-order valence-electron chi connectivity index (χ0n) is 10.3. The molecule has 0 spiro atoms. The van der Waals surface area contributed by atoms with Gasteiger partial charge in [-0.25, -0.2) is 4.39 Å². The lowest BCUT2D eigenvalue weighted by atomic mass is 10.3. The summed E-state index contributed by atoms with van der Waals surface area (Å²) in [6, 6.07) is 4.22. The van der Waals surface area contributed by atoms with E-state index >= 15 is 0 Å². The van der Waals surface area contributed by atoms with Gasteiger partial charge in [-0.3, -0.25) is 4.79 Å². The molecule has 4 nitrogen and oxygen atoms in total. The van der Waals surface area contributed by atoms with Gasteiger partial charge in [0.05, 0.1) is 18.2 Å². The monoisotopic (exact) mass is 274 g/mol. The van der Waals surface area contributed by atoms with Crippen LogP contribution in [0.4, 0.5) is 10.1 Å². The van der Waals surface area contributed by atoms with Crippen molar-refractivity contribution >= 4 is 23.2 Å². The van der Waals surface area contributed by atoms with Gasteiger partial charge in [-0.1, -0.05) is 11.6 Å². The van der Waals surface area contributed by atoms with Crippen LogP contribution < -0.4 is 10.6 Å². The van der Waals surface area contributed by atoms with Crippen LogP contribution in [-0.2, 0) is 9.53 Å². The summed E-state index contributed by atoms with van der Waals surface area (Å²) < 4.78 is 18.0. The maximum atomic E-state index is 13.1. The van der Waals surface area contributed by atoms with Crippen molar-refractivity contribution < 1.29 is 13.9 Å². The van der Waals surface area contributed by atoms with E-state index in [4.69, 9.17) is 16.3 Å². The van der Waals surface area contributed by atoms with E-state index < -0.39 is 5.82 Å². The molecule has 0 aliphatic heterocycles. The van der Waals surface area contributed by atoms with Gasteiger partial charge in [0.2, 0.25) is 5.91 Å². The number of methoxy groups -OCH3 is 1. The second kappa shape index (κ2) is 7.18. The van der Waals surface area contributed by atoms with Gasteiger partial charge in [0.1, 0.15) is 5.82 Å². The van der Waals surface area contributed by atoms with Crippen molar-refractivity contribution in [3.8, 4) is 0 Å². The largest absolute Gasteiger partial charge is 0.383 e. The van der Waals surface area contributed by atoms with Gasteiger partial charge >= 0.3 is 0 Å². The lowest BCUT2D eigenvalue weighted by Crippen LogP contribution is -2.39. The second-order valence-corrected chi connectivity index (χ2v) is 4.31. The van der Waals surface area contributed by atoms with Gasteiger partial charge in [0.15, 0.2) is 0 Å². The van der Waals surface area contributed by atoms with Crippen molar-refractivity contribution in [2.45, 2.75) is 13.0 Å². The van der Waals surface area contributed by atoms with Gasteiger partial charge in [-0.2, -0.15) is 0 Å². The van der Waals surface area contributed by atoms with E-state index in [9.17, 15) is 9.18 Å². The van der Waals surface area contributed by atoms with Crippen molar-refractivity contribution in [2.24, 2.45) is 0 Å². The lowest BCUT2D eigenvalue weighted by molar-refractivity contribution is -0.120. The molecule has 1 atom stereocenters. The minimum atomic E-state index is -0.519. The number of ether oxygens (including phenoxy) is 1.